The van der Waals surface area contributed by atoms with E-state index in [0.717, 1.165) is 32.5 Å². The zero-order valence-electron chi connectivity index (χ0n) is 10.8. The van der Waals surface area contributed by atoms with Crippen LogP contribution in [-0.4, -0.2) is 51.6 Å². The fraction of sp³-hybridized carbons (Fsp3) is 0.750. The standard InChI is InChI=1S/C12H20N4O2/c1-2-18-11-3-7-15(8-4-11)12(17)5-9-16-10-6-13-14-16/h6,10-11H,2-5,7-9H2,1H3. The van der Waals surface area contributed by atoms with Crippen molar-refractivity contribution in [1.82, 2.24) is 19.9 Å². The highest BCUT2D eigenvalue weighted by Gasteiger charge is 2.22. The van der Waals surface area contributed by atoms with E-state index in [-0.39, 0.29) is 5.91 Å². The lowest BCUT2D eigenvalue weighted by Gasteiger charge is -2.31. The number of rotatable bonds is 5. The van der Waals surface area contributed by atoms with Gasteiger partial charge < -0.3 is 9.64 Å². The van der Waals surface area contributed by atoms with Crippen molar-refractivity contribution in [2.75, 3.05) is 19.7 Å². The number of aryl methyl sites for hydroxylation is 1. The molecule has 0 N–H and O–H groups in total. The van der Waals surface area contributed by atoms with Crippen LogP contribution in [0.2, 0.25) is 0 Å². The summed E-state index contributed by atoms with van der Waals surface area (Å²) in [7, 11) is 0. The third kappa shape index (κ3) is 3.53. The van der Waals surface area contributed by atoms with Crippen molar-refractivity contribution >= 4 is 5.91 Å². The molecule has 2 heterocycles. The predicted octanol–water partition coefficient (Wildman–Crippen LogP) is 0.696. The molecule has 0 radical (unpaired) electrons. The second-order valence-corrected chi connectivity index (χ2v) is 4.45. The van der Waals surface area contributed by atoms with Gasteiger partial charge in [-0.3, -0.25) is 9.48 Å². The number of nitrogens with zero attached hydrogens (tertiary/aromatic N) is 4. The van der Waals surface area contributed by atoms with E-state index in [1.807, 2.05) is 11.8 Å². The topological polar surface area (TPSA) is 60.2 Å². The van der Waals surface area contributed by atoms with Crippen molar-refractivity contribution < 1.29 is 9.53 Å². The molecular weight excluding hydrogens is 232 g/mol. The Hall–Kier alpha value is -1.43. The van der Waals surface area contributed by atoms with Crippen LogP contribution in [-0.2, 0) is 16.1 Å². The van der Waals surface area contributed by atoms with Gasteiger partial charge in [-0.1, -0.05) is 5.21 Å². The number of hydrogen-bond acceptors (Lipinski definition) is 4. The molecule has 1 fully saturated rings. The van der Waals surface area contributed by atoms with Crippen molar-refractivity contribution in [3.63, 3.8) is 0 Å². The molecule has 100 valence electrons. The van der Waals surface area contributed by atoms with Gasteiger partial charge in [0.1, 0.15) is 0 Å². The number of carbonyl (C=O) groups excluding carboxylic acids is 1. The molecular formula is C12H20N4O2. The number of aromatic nitrogens is 3. The van der Waals surface area contributed by atoms with Crippen LogP contribution in [0, 0.1) is 0 Å². The second-order valence-electron chi connectivity index (χ2n) is 4.45. The van der Waals surface area contributed by atoms with Crippen LogP contribution in [0.4, 0.5) is 0 Å². The fourth-order valence-corrected chi connectivity index (χ4v) is 2.23. The van der Waals surface area contributed by atoms with E-state index >= 15 is 0 Å². The van der Waals surface area contributed by atoms with Gasteiger partial charge in [0, 0.05) is 32.3 Å². The Bertz CT molecular complexity index is 358. The van der Waals surface area contributed by atoms with Crippen LogP contribution in [0.1, 0.15) is 26.2 Å². The fourth-order valence-electron chi connectivity index (χ4n) is 2.23. The van der Waals surface area contributed by atoms with E-state index in [9.17, 15) is 4.79 Å². The minimum Gasteiger partial charge on any atom is -0.378 e. The molecule has 0 spiro atoms. The van der Waals surface area contributed by atoms with E-state index in [0.29, 0.717) is 19.1 Å². The molecule has 0 bridgehead atoms. The van der Waals surface area contributed by atoms with Crippen molar-refractivity contribution in [3.05, 3.63) is 12.4 Å². The Labute approximate surface area is 107 Å². The molecule has 0 saturated carbocycles. The summed E-state index contributed by atoms with van der Waals surface area (Å²) in [6, 6.07) is 0. The molecule has 1 aromatic heterocycles. The van der Waals surface area contributed by atoms with Crippen LogP contribution < -0.4 is 0 Å². The van der Waals surface area contributed by atoms with Gasteiger partial charge in [-0.2, -0.15) is 0 Å². The van der Waals surface area contributed by atoms with Crippen molar-refractivity contribution in [3.8, 4) is 0 Å². The van der Waals surface area contributed by atoms with Crippen LogP contribution in [0.5, 0.6) is 0 Å². The predicted molar refractivity (Wildman–Crippen MR) is 65.9 cm³/mol. The smallest absolute Gasteiger partial charge is 0.224 e. The lowest BCUT2D eigenvalue weighted by atomic mass is 10.1. The summed E-state index contributed by atoms with van der Waals surface area (Å²) in [5, 5.41) is 7.56. The third-order valence-corrected chi connectivity index (χ3v) is 3.22. The van der Waals surface area contributed by atoms with Crippen LogP contribution in [0.3, 0.4) is 0 Å². The molecule has 2 rings (SSSR count). The average molecular weight is 252 g/mol. The van der Waals surface area contributed by atoms with Crippen molar-refractivity contribution in [2.45, 2.75) is 38.8 Å². The van der Waals surface area contributed by atoms with E-state index < -0.39 is 0 Å². The van der Waals surface area contributed by atoms with E-state index in [1.165, 1.54) is 0 Å². The Morgan fingerprint density at radius 1 is 1.44 bits per heavy atom. The second kappa shape index (κ2) is 6.49. The van der Waals surface area contributed by atoms with Crippen LogP contribution in [0.15, 0.2) is 12.4 Å². The van der Waals surface area contributed by atoms with Crippen LogP contribution in [0.25, 0.3) is 0 Å². The highest BCUT2D eigenvalue weighted by molar-refractivity contribution is 5.76. The Kier molecular flexibility index (Phi) is 4.69. The first-order valence-electron chi connectivity index (χ1n) is 6.53. The maximum atomic E-state index is 12.0. The molecule has 1 aliphatic rings. The zero-order valence-corrected chi connectivity index (χ0v) is 10.8. The third-order valence-electron chi connectivity index (χ3n) is 3.22. The van der Waals surface area contributed by atoms with Gasteiger partial charge in [-0.05, 0) is 19.8 Å². The van der Waals surface area contributed by atoms with Gasteiger partial charge in [0.2, 0.25) is 5.91 Å². The van der Waals surface area contributed by atoms with Crippen LogP contribution >= 0.6 is 0 Å². The van der Waals surface area contributed by atoms with Gasteiger partial charge >= 0.3 is 0 Å². The van der Waals surface area contributed by atoms with Gasteiger partial charge in [0.05, 0.1) is 18.8 Å². The lowest BCUT2D eigenvalue weighted by molar-refractivity contribution is -0.134. The average Bonchev–Trinajstić information content (AvgIpc) is 2.90. The summed E-state index contributed by atoms with van der Waals surface area (Å²) in [5.74, 6) is 0.195. The summed E-state index contributed by atoms with van der Waals surface area (Å²) in [6.45, 7) is 4.98. The molecule has 1 aliphatic heterocycles. The summed E-state index contributed by atoms with van der Waals surface area (Å²) < 4.78 is 7.25. The van der Waals surface area contributed by atoms with Gasteiger partial charge in [-0.15, -0.1) is 5.10 Å². The summed E-state index contributed by atoms with van der Waals surface area (Å²) in [5.41, 5.74) is 0. The highest BCUT2D eigenvalue weighted by atomic mass is 16.5. The van der Waals surface area contributed by atoms with Gasteiger partial charge in [-0.25, -0.2) is 0 Å². The zero-order chi connectivity index (χ0) is 12.8. The number of hydrogen-bond donors (Lipinski definition) is 0. The molecule has 0 atom stereocenters. The number of carbonyl (C=O) groups is 1. The van der Waals surface area contributed by atoms with Gasteiger partial charge in [0.25, 0.3) is 0 Å². The molecule has 6 nitrogen and oxygen atoms in total. The summed E-state index contributed by atoms with van der Waals surface area (Å²) in [6.07, 6.45) is 6.11. The minimum atomic E-state index is 0.195. The molecule has 1 aromatic rings. The summed E-state index contributed by atoms with van der Waals surface area (Å²) >= 11 is 0. The molecule has 0 aromatic carbocycles. The van der Waals surface area contributed by atoms with E-state index in [2.05, 4.69) is 10.3 Å². The largest absolute Gasteiger partial charge is 0.378 e. The SMILES string of the molecule is CCOC1CCN(C(=O)CCn2ccnn2)CC1. The Morgan fingerprint density at radius 2 is 2.22 bits per heavy atom. The molecule has 1 saturated heterocycles. The lowest BCUT2D eigenvalue weighted by Crippen LogP contribution is -2.41. The highest BCUT2D eigenvalue weighted by Crippen LogP contribution is 2.14. The molecule has 0 aliphatic carbocycles. The quantitative estimate of drug-likeness (QED) is 0.774. The summed E-state index contributed by atoms with van der Waals surface area (Å²) in [4.78, 5) is 13.9. The maximum Gasteiger partial charge on any atom is 0.224 e. The molecule has 6 heteroatoms. The van der Waals surface area contributed by atoms with Gasteiger partial charge in [0.15, 0.2) is 0 Å². The molecule has 18 heavy (non-hydrogen) atoms. The van der Waals surface area contributed by atoms with Crippen molar-refractivity contribution in [1.29, 1.82) is 0 Å². The number of piperidine rings is 1. The maximum absolute atomic E-state index is 12.0. The Morgan fingerprint density at radius 3 is 2.83 bits per heavy atom. The van der Waals surface area contributed by atoms with Crippen molar-refractivity contribution in [2.24, 2.45) is 0 Å². The van der Waals surface area contributed by atoms with E-state index in [1.54, 1.807) is 17.1 Å². The number of likely N-dealkylation sites (tertiary alicyclic amines) is 1. The number of amides is 1. The Balaban J connectivity index is 1.70. The first kappa shape index (κ1) is 13.0. The first-order valence-corrected chi connectivity index (χ1v) is 6.53. The monoisotopic (exact) mass is 252 g/mol. The first-order chi connectivity index (χ1) is 8.79. The minimum absolute atomic E-state index is 0.195. The molecule has 1 amide bonds. The normalized spacial score (nSPS) is 17.1. The molecule has 0 unspecified atom stereocenters. The number of ether oxygens (including phenoxy) is 1. The van der Waals surface area contributed by atoms with E-state index in [4.69, 9.17) is 4.74 Å².